The molecule has 0 fully saturated rings. The monoisotopic (exact) mass is 305 g/mol. The van der Waals surface area contributed by atoms with Crippen molar-refractivity contribution < 1.29 is 4.39 Å². The molecule has 0 bridgehead atoms. The third kappa shape index (κ3) is 3.84. The molecule has 2 aromatic carbocycles. The van der Waals surface area contributed by atoms with Crippen LogP contribution in [0.5, 0.6) is 0 Å². The Hall–Kier alpha value is -1.38. The van der Waals surface area contributed by atoms with Crippen molar-refractivity contribution in [3.8, 4) is 11.1 Å². The summed E-state index contributed by atoms with van der Waals surface area (Å²) in [5.74, 6) is -0.262. The zero-order chi connectivity index (χ0) is 15.4. The van der Waals surface area contributed by atoms with Crippen LogP contribution in [0.25, 0.3) is 11.1 Å². The SMILES string of the molecule is CCCNCc1ccc(C)c(-c2cc(C)c(F)cc2Cl)c1. The highest BCUT2D eigenvalue weighted by Gasteiger charge is 2.10. The Kier molecular flexibility index (Phi) is 5.38. The fourth-order valence-electron chi connectivity index (χ4n) is 2.34. The summed E-state index contributed by atoms with van der Waals surface area (Å²) < 4.78 is 13.6. The van der Waals surface area contributed by atoms with Gasteiger partial charge in [0, 0.05) is 12.1 Å². The quantitative estimate of drug-likeness (QED) is 0.743. The van der Waals surface area contributed by atoms with Crippen molar-refractivity contribution in [2.75, 3.05) is 6.54 Å². The normalized spacial score (nSPS) is 10.9. The lowest BCUT2D eigenvalue weighted by Crippen LogP contribution is -2.13. The number of benzene rings is 2. The van der Waals surface area contributed by atoms with E-state index < -0.39 is 0 Å². The maximum absolute atomic E-state index is 13.6. The molecule has 112 valence electrons. The van der Waals surface area contributed by atoms with Crippen LogP contribution in [0.4, 0.5) is 4.39 Å². The van der Waals surface area contributed by atoms with Crippen molar-refractivity contribution in [3.63, 3.8) is 0 Å². The van der Waals surface area contributed by atoms with Crippen LogP contribution in [0, 0.1) is 19.7 Å². The van der Waals surface area contributed by atoms with Gasteiger partial charge in [0.15, 0.2) is 0 Å². The van der Waals surface area contributed by atoms with Crippen molar-refractivity contribution >= 4 is 11.6 Å². The van der Waals surface area contributed by atoms with Crippen LogP contribution in [-0.4, -0.2) is 6.54 Å². The van der Waals surface area contributed by atoms with E-state index in [4.69, 9.17) is 11.6 Å². The van der Waals surface area contributed by atoms with Crippen LogP contribution in [0.1, 0.15) is 30.0 Å². The molecule has 0 unspecified atom stereocenters. The molecule has 3 heteroatoms. The predicted octanol–water partition coefficient (Wildman–Crippen LogP) is 5.26. The van der Waals surface area contributed by atoms with Crippen molar-refractivity contribution in [3.05, 3.63) is 57.9 Å². The van der Waals surface area contributed by atoms with E-state index >= 15 is 0 Å². The summed E-state index contributed by atoms with van der Waals surface area (Å²) in [4.78, 5) is 0. The third-order valence-electron chi connectivity index (χ3n) is 3.60. The van der Waals surface area contributed by atoms with E-state index in [1.54, 1.807) is 6.92 Å². The highest BCUT2D eigenvalue weighted by molar-refractivity contribution is 6.33. The van der Waals surface area contributed by atoms with Crippen molar-refractivity contribution in [1.82, 2.24) is 5.32 Å². The van der Waals surface area contributed by atoms with E-state index in [1.165, 1.54) is 11.6 Å². The number of hydrogen-bond donors (Lipinski definition) is 1. The summed E-state index contributed by atoms with van der Waals surface area (Å²) >= 11 is 6.23. The second-order valence-corrected chi connectivity index (χ2v) is 5.81. The topological polar surface area (TPSA) is 12.0 Å². The molecule has 0 spiro atoms. The van der Waals surface area contributed by atoms with E-state index in [1.807, 2.05) is 13.0 Å². The second kappa shape index (κ2) is 7.06. The van der Waals surface area contributed by atoms with Crippen molar-refractivity contribution in [2.24, 2.45) is 0 Å². The largest absolute Gasteiger partial charge is 0.313 e. The van der Waals surface area contributed by atoms with Gasteiger partial charge in [-0.1, -0.05) is 30.7 Å². The fraction of sp³-hybridized carbons (Fsp3) is 0.333. The van der Waals surface area contributed by atoms with Gasteiger partial charge in [0.2, 0.25) is 0 Å². The predicted molar refractivity (Wildman–Crippen MR) is 88.3 cm³/mol. The van der Waals surface area contributed by atoms with Crippen LogP contribution >= 0.6 is 11.6 Å². The molecule has 1 N–H and O–H groups in total. The molecule has 21 heavy (non-hydrogen) atoms. The molecule has 0 radical (unpaired) electrons. The van der Waals surface area contributed by atoms with Gasteiger partial charge in [0.25, 0.3) is 0 Å². The van der Waals surface area contributed by atoms with Gasteiger partial charge in [0.1, 0.15) is 5.82 Å². The van der Waals surface area contributed by atoms with Crippen LogP contribution < -0.4 is 5.32 Å². The Bertz CT molecular complexity index is 637. The lowest BCUT2D eigenvalue weighted by atomic mass is 9.96. The van der Waals surface area contributed by atoms with Gasteiger partial charge in [-0.05, 0) is 67.3 Å². The van der Waals surface area contributed by atoms with Gasteiger partial charge in [-0.15, -0.1) is 0 Å². The van der Waals surface area contributed by atoms with E-state index in [9.17, 15) is 4.39 Å². The van der Waals surface area contributed by atoms with Gasteiger partial charge in [-0.2, -0.15) is 0 Å². The summed E-state index contributed by atoms with van der Waals surface area (Å²) in [5.41, 5.74) is 4.93. The number of rotatable bonds is 5. The lowest BCUT2D eigenvalue weighted by molar-refractivity contribution is 0.619. The molecule has 0 saturated carbocycles. The summed E-state index contributed by atoms with van der Waals surface area (Å²) in [6.07, 6.45) is 1.11. The Morgan fingerprint density at radius 1 is 1.05 bits per heavy atom. The van der Waals surface area contributed by atoms with Gasteiger partial charge in [-0.3, -0.25) is 0 Å². The highest BCUT2D eigenvalue weighted by atomic mass is 35.5. The van der Waals surface area contributed by atoms with Crippen molar-refractivity contribution in [2.45, 2.75) is 33.7 Å². The molecule has 0 aliphatic carbocycles. The average Bonchev–Trinajstić information content (AvgIpc) is 2.45. The van der Waals surface area contributed by atoms with Gasteiger partial charge < -0.3 is 5.32 Å². The summed E-state index contributed by atoms with van der Waals surface area (Å²) in [6.45, 7) is 7.79. The van der Waals surface area contributed by atoms with Crippen LogP contribution in [0.15, 0.2) is 30.3 Å². The van der Waals surface area contributed by atoms with Gasteiger partial charge in [-0.25, -0.2) is 4.39 Å². The summed E-state index contributed by atoms with van der Waals surface area (Å²) in [5, 5.41) is 3.85. The minimum atomic E-state index is -0.262. The van der Waals surface area contributed by atoms with E-state index in [2.05, 4.69) is 30.4 Å². The first kappa shape index (κ1) is 16.0. The lowest BCUT2D eigenvalue weighted by Gasteiger charge is -2.12. The Balaban J connectivity index is 2.39. The third-order valence-corrected chi connectivity index (χ3v) is 3.91. The average molecular weight is 306 g/mol. The van der Waals surface area contributed by atoms with Crippen molar-refractivity contribution in [1.29, 1.82) is 0 Å². The number of aryl methyl sites for hydroxylation is 2. The molecule has 1 nitrogen and oxygen atoms in total. The molecule has 0 saturated heterocycles. The molecule has 2 aromatic rings. The molecule has 0 aliphatic heterocycles. The van der Waals surface area contributed by atoms with E-state index in [0.717, 1.165) is 36.2 Å². The molecule has 0 atom stereocenters. The first-order valence-corrected chi connectivity index (χ1v) is 7.67. The first-order valence-electron chi connectivity index (χ1n) is 7.29. The summed E-state index contributed by atoms with van der Waals surface area (Å²) in [7, 11) is 0. The molecule has 0 aliphatic rings. The number of halogens is 2. The van der Waals surface area contributed by atoms with E-state index in [-0.39, 0.29) is 5.82 Å². The second-order valence-electron chi connectivity index (χ2n) is 5.41. The highest BCUT2D eigenvalue weighted by Crippen LogP contribution is 2.33. The zero-order valence-electron chi connectivity index (χ0n) is 12.8. The Labute approximate surface area is 131 Å². The molecular formula is C18H21ClFN. The zero-order valence-corrected chi connectivity index (χ0v) is 13.5. The first-order chi connectivity index (χ1) is 10.0. The molecular weight excluding hydrogens is 285 g/mol. The molecule has 0 aromatic heterocycles. The maximum Gasteiger partial charge on any atom is 0.127 e. The Morgan fingerprint density at radius 2 is 1.81 bits per heavy atom. The standard InChI is InChI=1S/C18H21ClFN/c1-4-7-21-11-14-6-5-12(2)15(9-14)16-8-13(3)18(20)10-17(16)19/h5-6,8-10,21H,4,7,11H2,1-3H3. The minimum Gasteiger partial charge on any atom is -0.313 e. The number of nitrogens with one attached hydrogen (secondary N) is 1. The maximum atomic E-state index is 13.6. The van der Waals surface area contributed by atoms with Crippen LogP contribution in [-0.2, 0) is 6.54 Å². The smallest absolute Gasteiger partial charge is 0.127 e. The van der Waals surface area contributed by atoms with E-state index in [0.29, 0.717) is 10.6 Å². The van der Waals surface area contributed by atoms with Crippen LogP contribution in [0.2, 0.25) is 5.02 Å². The molecule has 0 heterocycles. The molecule has 2 rings (SSSR count). The summed E-state index contributed by atoms with van der Waals surface area (Å²) in [6, 6.07) is 9.56. The number of hydrogen-bond acceptors (Lipinski definition) is 1. The van der Waals surface area contributed by atoms with Crippen LogP contribution in [0.3, 0.4) is 0 Å². The molecule has 0 amide bonds. The van der Waals surface area contributed by atoms with Gasteiger partial charge in [0.05, 0.1) is 5.02 Å². The minimum absolute atomic E-state index is 0.262. The fourth-order valence-corrected chi connectivity index (χ4v) is 2.59. The Morgan fingerprint density at radius 3 is 2.52 bits per heavy atom. The van der Waals surface area contributed by atoms with Gasteiger partial charge >= 0.3 is 0 Å².